The predicted molar refractivity (Wildman–Crippen MR) is 62.7 cm³/mol. The Morgan fingerprint density at radius 3 is 2.88 bits per heavy atom. The number of nitrogens with two attached hydrogens (primary N) is 1. The second-order valence-electron chi connectivity index (χ2n) is 4.34. The van der Waals surface area contributed by atoms with Gasteiger partial charge in [0.1, 0.15) is 0 Å². The highest BCUT2D eigenvalue weighted by Gasteiger charge is 2.25. The number of carbonyl (C=O) groups excluding carboxylic acids is 2. The van der Waals surface area contributed by atoms with Crippen LogP contribution in [-0.2, 0) is 24.2 Å². The van der Waals surface area contributed by atoms with Crippen molar-refractivity contribution in [3.05, 3.63) is 17.0 Å². The normalized spacial score (nSPS) is 14.8. The van der Waals surface area contributed by atoms with Crippen LogP contribution < -0.4 is 5.73 Å². The molecule has 1 amide bonds. The van der Waals surface area contributed by atoms with Crippen LogP contribution in [0.3, 0.4) is 0 Å². The van der Waals surface area contributed by atoms with Gasteiger partial charge in [-0.1, -0.05) is 6.92 Å². The van der Waals surface area contributed by atoms with Gasteiger partial charge < -0.3 is 5.73 Å². The summed E-state index contributed by atoms with van der Waals surface area (Å²) in [6, 6.07) is 0. The maximum Gasteiger partial charge on any atom is 0.219 e. The fraction of sp³-hybridized carbons (Fsp3) is 0.583. The third-order valence-electron chi connectivity index (χ3n) is 3.13. The Kier molecular flexibility index (Phi) is 3.26. The second-order valence-corrected chi connectivity index (χ2v) is 4.34. The molecule has 0 bridgehead atoms. The minimum atomic E-state index is -0.338. The lowest BCUT2D eigenvalue weighted by atomic mass is 9.94. The molecule has 1 aliphatic rings. The van der Waals surface area contributed by atoms with E-state index in [0.717, 1.165) is 36.2 Å². The molecule has 0 aliphatic heterocycles. The van der Waals surface area contributed by atoms with Crippen LogP contribution in [-0.4, -0.2) is 21.5 Å². The van der Waals surface area contributed by atoms with E-state index in [-0.39, 0.29) is 18.1 Å². The number of Topliss-reactive ketones (excluding diaryl/α,β-unsaturated/α-hetero) is 1. The molecule has 5 heteroatoms. The lowest BCUT2D eigenvalue weighted by molar-refractivity contribution is -0.118. The summed E-state index contributed by atoms with van der Waals surface area (Å²) in [5.74, 6) is -0.150. The molecule has 0 radical (unpaired) electrons. The van der Waals surface area contributed by atoms with E-state index in [1.807, 2.05) is 6.92 Å². The van der Waals surface area contributed by atoms with Gasteiger partial charge in [-0.25, -0.2) is 0 Å². The van der Waals surface area contributed by atoms with Crippen molar-refractivity contribution in [1.29, 1.82) is 0 Å². The molecule has 0 spiro atoms. The van der Waals surface area contributed by atoms with Gasteiger partial charge in [0.2, 0.25) is 5.91 Å². The molecule has 5 nitrogen and oxygen atoms in total. The highest BCUT2D eigenvalue weighted by molar-refractivity contribution is 5.99. The molecule has 0 unspecified atom stereocenters. The van der Waals surface area contributed by atoms with E-state index in [4.69, 9.17) is 5.73 Å². The lowest BCUT2D eigenvalue weighted by Gasteiger charge is -2.12. The van der Waals surface area contributed by atoms with Crippen molar-refractivity contribution in [2.45, 2.75) is 45.6 Å². The van der Waals surface area contributed by atoms with Gasteiger partial charge in [-0.05, 0) is 19.3 Å². The average Bonchev–Trinajstić information content (AvgIpc) is 2.66. The summed E-state index contributed by atoms with van der Waals surface area (Å²) in [7, 11) is 0. The van der Waals surface area contributed by atoms with Crippen LogP contribution >= 0.6 is 0 Å². The van der Waals surface area contributed by atoms with Crippen molar-refractivity contribution in [2.24, 2.45) is 5.73 Å². The first-order chi connectivity index (χ1) is 8.13. The molecule has 1 aliphatic carbocycles. The van der Waals surface area contributed by atoms with E-state index in [0.29, 0.717) is 13.0 Å². The van der Waals surface area contributed by atoms with Crippen LogP contribution in [0.1, 0.15) is 47.9 Å². The molecule has 0 saturated heterocycles. The molecule has 1 aromatic heterocycles. The third kappa shape index (κ3) is 2.23. The van der Waals surface area contributed by atoms with Gasteiger partial charge in [-0.3, -0.25) is 14.3 Å². The number of aryl methyl sites for hydroxylation is 2. The molecular formula is C12H17N3O2. The van der Waals surface area contributed by atoms with Gasteiger partial charge in [0, 0.05) is 25.1 Å². The molecule has 1 aromatic rings. The molecule has 0 atom stereocenters. The molecular weight excluding hydrogens is 218 g/mol. The predicted octanol–water partition coefficient (Wildman–Crippen LogP) is 0.840. The van der Waals surface area contributed by atoms with Gasteiger partial charge in [0.05, 0.1) is 11.3 Å². The fourth-order valence-electron chi connectivity index (χ4n) is 2.32. The molecule has 0 fully saturated rings. The number of rotatable bonds is 4. The van der Waals surface area contributed by atoms with Crippen LogP contribution in [0.25, 0.3) is 0 Å². The van der Waals surface area contributed by atoms with Crippen molar-refractivity contribution in [3.63, 3.8) is 0 Å². The Balaban J connectivity index is 2.34. The third-order valence-corrected chi connectivity index (χ3v) is 3.13. The van der Waals surface area contributed by atoms with Crippen molar-refractivity contribution in [1.82, 2.24) is 9.78 Å². The van der Waals surface area contributed by atoms with E-state index in [9.17, 15) is 9.59 Å². The Morgan fingerprint density at radius 1 is 1.47 bits per heavy atom. The number of ketones is 1. The minimum absolute atomic E-state index is 0.188. The van der Waals surface area contributed by atoms with E-state index in [1.165, 1.54) is 0 Å². The first kappa shape index (κ1) is 11.8. The summed E-state index contributed by atoms with van der Waals surface area (Å²) < 4.78 is 1.79. The maximum absolute atomic E-state index is 11.9. The first-order valence-corrected chi connectivity index (χ1v) is 6.03. The monoisotopic (exact) mass is 235 g/mol. The topological polar surface area (TPSA) is 78.0 Å². The quantitative estimate of drug-likeness (QED) is 0.840. The zero-order chi connectivity index (χ0) is 12.4. The number of fused-ring (bicyclic) bond motifs is 1. The van der Waals surface area contributed by atoms with Crippen LogP contribution in [0.5, 0.6) is 0 Å². The summed E-state index contributed by atoms with van der Waals surface area (Å²) in [6.45, 7) is 2.47. The second kappa shape index (κ2) is 4.69. The Hall–Kier alpha value is -1.65. The molecule has 2 rings (SSSR count). The summed E-state index contributed by atoms with van der Waals surface area (Å²) in [5.41, 5.74) is 7.77. The molecule has 1 heterocycles. The van der Waals surface area contributed by atoms with E-state index in [2.05, 4.69) is 5.10 Å². The standard InChI is InChI=1S/C12H17N3O2/c1-2-8-12-9(4-3-5-10(12)16)15(14-8)7-6-11(13)17/h2-7H2,1H3,(H2,13,17). The van der Waals surface area contributed by atoms with Crippen molar-refractivity contribution >= 4 is 11.7 Å². The number of aromatic nitrogens is 2. The SMILES string of the molecule is CCc1nn(CCC(N)=O)c2c1C(=O)CCC2. The fourth-order valence-corrected chi connectivity index (χ4v) is 2.32. The summed E-state index contributed by atoms with van der Waals surface area (Å²) in [6.07, 6.45) is 3.37. The van der Waals surface area contributed by atoms with E-state index >= 15 is 0 Å². The van der Waals surface area contributed by atoms with E-state index < -0.39 is 0 Å². The van der Waals surface area contributed by atoms with Gasteiger partial charge in [-0.2, -0.15) is 5.10 Å². The Morgan fingerprint density at radius 2 is 2.24 bits per heavy atom. The van der Waals surface area contributed by atoms with Crippen molar-refractivity contribution in [2.75, 3.05) is 0 Å². The zero-order valence-corrected chi connectivity index (χ0v) is 10.0. The van der Waals surface area contributed by atoms with Crippen LogP contribution in [0.2, 0.25) is 0 Å². The summed E-state index contributed by atoms with van der Waals surface area (Å²) in [5, 5.41) is 4.42. The van der Waals surface area contributed by atoms with Gasteiger partial charge in [-0.15, -0.1) is 0 Å². The number of primary amides is 1. The van der Waals surface area contributed by atoms with Crippen molar-refractivity contribution in [3.8, 4) is 0 Å². The molecule has 2 N–H and O–H groups in total. The first-order valence-electron chi connectivity index (χ1n) is 6.03. The Labute approximate surface area is 100.0 Å². The van der Waals surface area contributed by atoms with Crippen molar-refractivity contribution < 1.29 is 9.59 Å². The zero-order valence-electron chi connectivity index (χ0n) is 10.0. The number of hydrogen-bond donors (Lipinski definition) is 1. The highest BCUT2D eigenvalue weighted by Crippen LogP contribution is 2.25. The van der Waals surface area contributed by atoms with Crippen LogP contribution in [0.4, 0.5) is 0 Å². The molecule has 0 aromatic carbocycles. The smallest absolute Gasteiger partial charge is 0.219 e. The minimum Gasteiger partial charge on any atom is -0.370 e. The van der Waals surface area contributed by atoms with E-state index in [1.54, 1.807) is 4.68 Å². The number of hydrogen-bond acceptors (Lipinski definition) is 3. The molecule has 17 heavy (non-hydrogen) atoms. The van der Waals surface area contributed by atoms with Crippen LogP contribution in [0, 0.1) is 0 Å². The maximum atomic E-state index is 11.9. The molecule has 92 valence electrons. The Bertz CT molecular complexity index is 463. The van der Waals surface area contributed by atoms with Gasteiger partial charge >= 0.3 is 0 Å². The molecule has 0 saturated carbocycles. The largest absolute Gasteiger partial charge is 0.370 e. The van der Waals surface area contributed by atoms with Gasteiger partial charge in [0.15, 0.2) is 5.78 Å². The lowest BCUT2D eigenvalue weighted by Crippen LogP contribution is -2.18. The van der Waals surface area contributed by atoms with Gasteiger partial charge in [0.25, 0.3) is 0 Å². The van der Waals surface area contributed by atoms with Crippen LogP contribution in [0.15, 0.2) is 0 Å². The number of nitrogens with zero attached hydrogens (tertiary/aromatic N) is 2. The number of amides is 1. The summed E-state index contributed by atoms with van der Waals surface area (Å²) in [4.78, 5) is 22.7. The number of carbonyl (C=O) groups is 2. The summed E-state index contributed by atoms with van der Waals surface area (Å²) >= 11 is 0. The average molecular weight is 235 g/mol. The highest BCUT2D eigenvalue weighted by atomic mass is 16.1.